The number of halogens is 1. The Balaban J connectivity index is 0. The highest BCUT2D eigenvalue weighted by molar-refractivity contribution is 4.60. The lowest BCUT2D eigenvalue weighted by Crippen LogP contribution is -3.00. The van der Waals surface area contributed by atoms with Crippen LogP contribution in [0.15, 0.2) is 0 Å². The Bertz CT molecular complexity index is 198. The molecule has 130 valence electrons. The zero-order valence-corrected chi connectivity index (χ0v) is 16.4. The number of quaternary nitrogens is 1. The van der Waals surface area contributed by atoms with Crippen molar-refractivity contribution < 1.29 is 16.9 Å². The van der Waals surface area contributed by atoms with Crippen molar-refractivity contribution in [2.45, 2.75) is 103 Å². The van der Waals surface area contributed by atoms with Gasteiger partial charge in [0.2, 0.25) is 0 Å². The highest BCUT2D eigenvalue weighted by Crippen LogP contribution is 2.20. The first-order valence-corrected chi connectivity index (χ1v) is 9.33. The molecule has 0 amide bonds. The summed E-state index contributed by atoms with van der Waals surface area (Å²) in [4.78, 5) is 0. The third-order valence-electron chi connectivity index (χ3n) is 4.63. The van der Waals surface area contributed by atoms with E-state index >= 15 is 0 Å². The molecule has 0 aliphatic heterocycles. The standard InChI is InChI=1S/C19H42N.ClH/c1-6-8-10-12-13-14-16-18-19(20(3,4)5)17-15-11-9-7-2;/h19H,6-18H2,1-5H3;1H/q+1;/p-1. The van der Waals surface area contributed by atoms with Crippen LogP contribution in [0, 0.1) is 0 Å². The van der Waals surface area contributed by atoms with Crippen LogP contribution in [-0.4, -0.2) is 31.7 Å². The van der Waals surface area contributed by atoms with Crippen molar-refractivity contribution >= 4 is 0 Å². The number of rotatable bonds is 14. The molecule has 0 bridgehead atoms. The molecule has 21 heavy (non-hydrogen) atoms. The normalized spacial score (nSPS) is 13.0. The molecule has 1 atom stereocenters. The van der Waals surface area contributed by atoms with E-state index < -0.39 is 0 Å². The largest absolute Gasteiger partial charge is 1.00 e. The van der Waals surface area contributed by atoms with Gasteiger partial charge in [0.25, 0.3) is 0 Å². The van der Waals surface area contributed by atoms with E-state index in [0.29, 0.717) is 0 Å². The summed E-state index contributed by atoms with van der Waals surface area (Å²) in [7, 11) is 7.14. The minimum absolute atomic E-state index is 0. The molecule has 0 saturated carbocycles. The van der Waals surface area contributed by atoms with Gasteiger partial charge in [-0.25, -0.2) is 0 Å². The summed E-state index contributed by atoms with van der Waals surface area (Å²) in [5.41, 5.74) is 0. The third-order valence-corrected chi connectivity index (χ3v) is 4.63. The Labute approximate surface area is 141 Å². The molecule has 0 heterocycles. The predicted octanol–water partition coefficient (Wildman–Crippen LogP) is 3.18. The second-order valence-corrected chi connectivity index (χ2v) is 7.53. The molecule has 0 aliphatic rings. The van der Waals surface area contributed by atoms with Crippen LogP contribution in [0.5, 0.6) is 0 Å². The molecule has 0 fully saturated rings. The van der Waals surface area contributed by atoms with Crippen LogP contribution in [0.2, 0.25) is 0 Å². The zero-order chi connectivity index (χ0) is 15.3. The average molecular weight is 320 g/mol. The molecule has 2 heteroatoms. The summed E-state index contributed by atoms with van der Waals surface area (Å²) >= 11 is 0. The van der Waals surface area contributed by atoms with Gasteiger partial charge in [-0.1, -0.05) is 71.6 Å². The molecule has 0 spiro atoms. The molecule has 0 saturated heterocycles. The Morgan fingerprint density at radius 2 is 0.905 bits per heavy atom. The molecule has 0 N–H and O–H groups in total. The van der Waals surface area contributed by atoms with Gasteiger partial charge in [-0.15, -0.1) is 0 Å². The number of nitrogens with zero attached hydrogens (tertiary/aromatic N) is 1. The van der Waals surface area contributed by atoms with E-state index in [4.69, 9.17) is 0 Å². The van der Waals surface area contributed by atoms with Crippen LogP contribution in [0.1, 0.15) is 97.3 Å². The molecule has 0 aromatic carbocycles. The maximum atomic E-state index is 2.38. The maximum absolute atomic E-state index is 2.38. The molecule has 1 nitrogen and oxygen atoms in total. The Morgan fingerprint density at radius 3 is 1.29 bits per heavy atom. The molecule has 0 aliphatic carbocycles. The van der Waals surface area contributed by atoms with Crippen molar-refractivity contribution in [3.8, 4) is 0 Å². The van der Waals surface area contributed by atoms with Gasteiger partial charge in [-0.3, -0.25) is 0 Å². The Morgan fingerprint density at radius 1 is 0.571 bits per heavy atom. The molecule has 0 aromatic rings. The third kappa shape index (κ3) is 14.9. The van der Waals surface area contributed by atoms with E-state index in [1.54, 1.807) is 0 Å². The van der Waals surface area contributed by atoms with Gasteiger partial charge in [-0.05, 0) is 25.7 Å². The van der Waals surface area contributed by atoms with E-state index in [0.717, 1.165) is 10.5 Å². The molecule has 0 radical (unpaired) electrons. The zero-order valence-electron chi connectivity index (χ0n) is 15.6. The lowest BCUT2D eigenvalue weighted by molar-refractivity contribution is -0.896. The molecule has 0 rings (SSSR count). The Hall–Kier alpha value is 0.250. The number of hydrogen-bond donors (Lipinski definition) is 0. The number of unbranched alkanes of at least 4 members (excludes halogenated alkanes) is 9. The van der Waals surface area contributed by atoms with Crippen molar-refractivity contribution in [1.29, 1.82) is 0 Å². The maximum Gasteiger partial charge on any atom is 0.0884 e. The summed E-state index contributed by atoms with van der Waals surface area (Å²) < 4.78 is 1.15. The van der Waals surface area contributed by atoms with Gasteiger partial charge in [0.05, 0.1) is 27.2 Å². The van der Waals surface area contributed by atoms with Crippen LogP contribution < -0.4 is 12.4 Å². The van der Waals surface area contributed by atoms with Crippen LogP contribution >= 0.6 is 0 Å². The van der Waals surface area contributed by atoms with E-state index in [-0.39, 0.29) is 12.4 Å². The lowest BCUT2D eigenvalue weighted by atomic mass is 9.98. The van der Waals surface area contributed by atoms with E-state index in [9.17, 15) is 0 Å². The molecule has 0 aromatic heterocycles. The topological polar surface area (TPSA) is 0 Å². The molecule has 1 unspecified atom stereocenters. The first-order chi connectivity index (χ1) is 9.52. The summed E-state index contributed by atoms with van der Waals surface area (Å²) in [6.45, 7) is 4.60. The smallest absolute Gasteiger partial charge is 0.0884 e. The van der Waals surface area contributed by atoms with Gasteiger partial charge >= 0.3 is 0 Å². The van der Waals surface area contributed by atoms with Gasteiger partial charge in [0.1, 0.15) is 0 Å². The summed E-state index contributed by atoms with van der Waals surface area (Å²) in [6, 6.07) is 0.877. The van der Waals surface area contributed by atoms with Crippen molar-refractivity contribution in [3.05, 3.63) is 0 Å². The van der Waals surface area contributed by atoms with Crippen molar-refractivity contribution in [3.63, 3.8) is 0 Å². The highest BCUT2D eigenvalue weighted by atomic mass is 35.5. The summed E-state index contributed by atoms with van der Waals surface area (Å²) in [5, 5.41) is 0. The first kappa shape index (κ1) is 23.5. The SMILES string of the molecule is CCCCCCCCCC(CCCCCC)[N+](C)(C)C.[Cl-]. The molecular formula is C19H42ClN. The van der Waals surface area contributed by atoms with Crippen molar-refractivity contribution in [2.75, 3.05) is 21.1 Å². The molecular weight excluding hydrogens is 278 g/mol. The first-order valence-electron chi connectivity index (χ1n) is 9.33. The van der Waals surface area contributed by atoms with Gasteiger partial charge in [0.15, 0.2) is 0 Å². The van der Waals surface area contributed by atoms with Gasteiger partial charge < -0.3 is 16.9 Å². The minimum atomic E-state index is 0. The quantitative estimate of drug-likeness (QED) is 0.341. The fourth-order valence-electron chi connectivity index (χ4n) is 3.06. The highest BCUT2D eigenvalue weighted by Gasteiger charge is 2.22. The van der Waals surface area contributed by atoms with E-state index in [2.05, 4.69) is 35.0 Å². The second-order valence-electron chi connectivity index (χ2n) is 7.53. The minimum Gasteiger partial charge on any atom is -1.00 e. The fraction of sp³-hybridized carbons (Fsp3) is 1.00. The van der Waals surface area contributed by atoms with Gasteiger partial charge in [-0.2, -0.15) is 0 Å². The lowest BCUT2D eigenvalue weighted by Gasteiger charge is -2.34. The van der Waals surface area contributed by atoms with E-state index in [1.807, 2.05) is 0 Å². The summed E-state index contributed by atoms with van der Waals surface area (Å²) in [6.07, 6.45) is 18.6. The van der Waals surface area contributed by atoms with Crippen LogP contribution in [0.3, 0.4) is 0 Å². The van der Waals surface area contributed by atoms with Crippen LogP contribution in [0.25, 0.3) is 0 Å². The van der Waals surface area contributed by atoms with Gasteiger partial charge in [0, 0.05) is 0 Å². The summed E-state index contributed by atoms with van der Waals surface area (Å²) in [5.74, 6) is 0. The Kier molecular flexibility index (Phi) is 17.0. The monoisotopic (exact) mass is 319 g/mol. The second kappa shape index (κ2) is 15.2. The number of hydrogen-bond acceptors (Lipinski definition) is 0. The van der Waals surface area contributed by atoms with Crippen molar-refractivity contribution in [2.24, 2.45) is 0 Å². The average Bonchev–Trinajstić information content (AvgIpc) is 2.38. The van der Waals surface area contributed by atoms with Crippen molar-refractivity contribution in [1.82, 2.24) is 0 Å². The van der Waals surface area contributed by atoms with E-state index in [1.165, 1.54) is 83.5 Å². The fourth-order valence-corrected chi connectivity index (χ4v) is 3.06. The van der Waals surface area contributed by atoms with Crippen LogP contribution in [-0.2, 0) is 0 Å². The predicted molar refractivity (Wildman–Crippen MR) is 93.2 cm³/mol. The van der Waals surface area contributed by atoms with Crippen LogP contribution in [0.4, 0.5) is 0 Å².